The Morgan fingerprint density at radius 3 is 2.27 bits per heavy atom. The highest BCUT2D eigenvalue weighted by Gasteiger charge is 2.36. The van der Waals surface area contributed by atoms with Gasteiger partial charge in [-0.25, -0.2) is 4.79 Å². The van der Waals surface area contributed by atoms with Crippen LogP contribution in [-0.2, 0) is 4.79 Å². The summed E-state index contributed by atoms with van der Waals surface area (Å²) in [5.74, 6) is 6.19. The van der Waals surface area contributed by atoms with Gasteiger partial charge in [-0.1, -0.05) is 38.0 Å². The molecule has 2 aliphatic rings. The molecular weight excluding hydrogens is 394 g/mol. The zero-order valence-corrected chi connectivity index (χ0v) is 19.6. The van der Waals surface area contributed by atoms with Crippen LogP contribution in [-0.4, -0.2) is 23.0 Å². The van der Waals surface area contributed by atoms with Gasteiger partial charge in [0, 0.05) is 17.4 Å². The summed E-state index contributed by atoms with van der Waals surface area (Å²) in [4.78, 5) is 28.6. The number of aromatic carboxylic acids is 1. The highest BCUT2D eigenvalue weighted by molar-refractivity contribution is 7.15. The van der Waals surface area contributed by atoms with E-state index in [0.29, 0.717) is 11.6 Å². The summed E-state index contributed by atoms with van der Waals surface area (Å²) in [7, 11) is 0. The first-order valence-electron chi connectivity index (χ1n) is 11.4. The number of rotatable bonds is 4. The lowest BCUT2D eigenvalue weighted by molar-refractivity contribution is -0.124. The number of anilines is 1. The zero-order valence-electron chi connectivity index (χ0n) is 18.8. The fourth-order valence-electron chi connectivity index (χ4n) is 4.56. The van der Waals surface area contributed by atoms with Crippen LogP contribution in [0.4, 0.5) is 5.69 Å². The van der Waals surface area contributed by atoms with Gasteiger partial charge in [-0.15, -0.1) is 11.3 Å². The maximum atomic E-state index is 13.7. The summed E-state index contributed by atoms with van der Waals surface area (Å²) in [6.45, 7) is 8.36. The first kappa shape index (κ1) is 22.9. The van der Waals surface area contributed by atoms with Crippen molar-refractivity contribution in [1.82, 2.24) is 0 Å². The molecule has 164 valence electrons. The quantitative estimate of drug-likeness (QED) is 0.569. The van der Waals surface area contributed by atoms with Gasteiger partial charge in [-0.05, 0) is 71.3 Å². The third-order valence-corrected chi connectivity index (χ3v) is 7.30. The summed E-state index contributed by atoms with van der Waals surface area (Å²) >= 11 is 1.20. The molecule has 0 radical (unpaired) electrons. The molecule has 0 bridgehead atoms. The summed E-state index contributed by atoms with van der Waals surface area (Å²) in [5, 5.41) is 9.91. The molecule has 0 aliphatic heterocycles. The molecule has 2 saturated carbocycles. The molecule has 0 saturated heterocycles. The maximum absolute atomic E-state index is 13.7. The van der Waals surface area contributed by atoms with Crippen molar-refractivity contribution in [3.63, 3.8) is 0 Å². The van der Waals surface area contributed by atoms with Crippen LogP contribution >= 0.6 is 11.3 Å². The summed E-state index contributed by atoms with van der Waals surface area (Å²) in [5.41, 5.74) is 0.409. The van der Waals surface area contributed by atoms with E-state index < -0.39 is 5.97 Å². The number of thiophene rings is 1. The lowest BCUT2D eigenvalue weighted by Crippen LogP contribution is -2.46. The topological polar surface area (TPSA) is 57.6 Å². The average molecular weight is 430 g/mol. The lowest BCUT2D eigenvalue weighted by Gasteiger charge is -2.38. The van der Waals surface area contributed by atoms with Gasteiger partial charge in [0.25, 0.3) is 0 Å². The van der Waals surface area contributed by atoms with Crippen molar-refractivity contribution in [2.24, 2.45) is 17.3 Å². The summed E-state index contributed by atoms with van der Waals surface area (Å²) in [6, 6.07) is 1.95. The number of carbonyl (C=O) groups excluding carboxylic acids is 1. The minimum atomic E-state index is -0.968. The first-order chi connectivity index (χ1) is 14.2. The summed E-state index contributed by atoms with van der Waals surface area (Å²) < 4.78 is 0. The van der Waals surface area contributed by atoms with E-state index in [-0.39, 0.29) is 28.2 Å². The Bertz CT molecular complexity index is 825. The average Bonchev–Trinajstić information content (AvgIpc) is 3.12. The van der Waals surface area contributed by atoms with Crippen LogP contribution in [0.5, 0.6) is 0 Å². The molecule has 1 heterocycles. The third-order valence-electron chi connectivity index (χ3n) is 6.27. The third kappa shape index (κ3) is 5.66. The van der Waals surface area contributed by atoms with Gasteiger partial charge < -0.3 is 10.0 Å². The molecule has 30 heavy (non-hydrogen) atoms. The van der Waals surface area contributed by atoms with Crippen LogP contribution < -0.4 is 4.90 Å². The molecule has 5 heteroatoms. The monoisotopic (exact) mass is 429 g/mol. The van der Waals surface area contributed by atoms with Gasteiger partial charge in [-0.3, -0.25) is 4.79 Å². The Kier molecular flexibility index (Phi) is 7.29. The van der Waals surface area contributed by atoms with Crippen LogP contribution in [0, 0.1) is 29.1 Å². The van der Waals surface area contributed by atoms with Gasteiger partial charge in [0.05, 0.1) is 10.6 Å². The largest absolute Gasteiger partial charge is 0.477 e. The number of nitrogens with zero attached hydrogens (tertiary/aromatic N) is 1. The minimum Gasteiger partial charge on any atom is -0.477 e. The van der Waals surface area contributed by atoms with Crippen molar-refractivity contribution < 1.29 is 14.7 Å². The molecule has 1 amide bonds. The maximum Gasteiger partial charge on any atom is 0.348 e. The number of hydrogen-bond donors (Lipinski definition) is 1. The predicted octanol–water partition coefficient (Wildman–Crippen LogP) is 6.34. The van der Waals surface area contributed by atoms with Gasteiger partial charge in [-0.2, -0.15) is 0 Å². The normalized spacial score (nSPS) is 22.8. The first-order valence-corrected chi connectivity index (χ1v) is 12.2. The smallest absolute Gasteiger partial charge is 0.348 e. The van der Waals surface area contributed by atoms with Crippen LogP contribution in [0.3, 0.4) is 0 Å². The molecule has 1 N–H and O–H groups in total. The Hall–Kier alpha value is -1.80. The van der Waals surface area contributed by atoms with E-state index in [1.165, 1.54) is 17.8 Å². The lowest BCUT2D eigenvalue weighted by atomic mass is 9.81. The Morgan fingerprint density at radius 1 is 1.07 bits per heavy atom. The molecule has 0 unspecified atom stereocenters. The van der Waals surface area contributed by atoms with Crippen molar-refractivity contribution >= 4 is 28.9 Å². The highest BCUT2D eigenvalue weighted by atomic mass is 32.1. The van der Waals surface area contributed by atoms with E-state index in [1.54, 1.807) is 0 Å². The van der Waals surface area contributed by atoms with Gasteiger partial charge in [0.2, 0.25) is 5.91 Å². The molecule has 1 aromatic rings. The van der Waals surface area contributed by atoms with Gasteiger partial charge in [0.15, 0.2) is 0 Å². The Balaban J connectivity index is 1.99. The van der Waals surface area contributed by atoms with Crippen molar-refractivity contribution in [3.8, 4) is 11.8 Å². The van der Waals surface area contributed by atoms with Crippen molar-refractivity contribution in [1.29, 1.82) is 0 Å². The predicted molar refractivity (Wildman–Crippen MR) is 123 cm³/mol. The number of carboxylic acid groups (broad SMARTS) is 1. The number of hydrogen-bond acceptors (Lipinski definition) is 3. The molecule has 2 fully saturated rings. The van der Waals surface area contributed by atoms with Crippen LogP contribution in [0.1, 0.15) is 100 Å². The van der Waals surface area contributed by atoms with Crippen LogP contribution in [0.2, 0.25) is 0 Å². The second kappa shape index (κ2) is 9.56. The van der Waals surface area contributed by atoms with E-state index in [1.807, 2.05) is 31.7 Å². The molecular formula is C25H35NO3S. The molecule has 0 atom stereocenters. The van der Waals surface area contributed by atoms with Crippen LogP contribution in [0.15, 0.2) is 6.07 Å². The van der Waals surface area contributed by atoms with Crippen molar-refractivity contribution in [3.05, 3.63) is 15.8 Å². The minimum absolute atomic E-state index is 0.00813. The molecule has 1 aromatic heterocycles. The molecule has 3 rings (SSSR count). The van der Waals surface area contributed by atoms with Gasteiger partial charge in [0.1, 0.15) is 4.88 Å². The van der Waals surface area contributed by atoms with E-state index in [2.05, 4.69) is 18.8 Å². The highest BCUT2D eigenvalue weighted by Crippen LogP contribution is 2.38. The standard InChI is InChI=1S/C25H35NO3S/c1-17-10-12-18(13-11-17)23(27)26(19-8-6-5-7-9-19)21-16-20(14-15-25(2,3)4)30-22(21)24(28)29/h16-19H,5-13H2,1-4H3,(H,28,29). The second-order valence-corrected chi connectivity index (χ2v) is 11.1. The number of carbonyl (C=O) groups is 2. The molecule has 0 aromatic carbocycles. The molecule has 4 nitrogen and oxygen atoms in total. The fraction of sp³-hybridized carbons (Fsp3) is 0.680. The van der Waals surface area contributed by atoms with Gasteiger partial charge >= 0.3 is 5.97 Å². The molecule has 2 aliphatic carbocycles. The Labute approximate surface area is 185 Å². The van der Waals surface area contributed by atoms with E-state index >= 15 is 0 Å². The van der Waals surface area contributed by atoms with Crippen molar-refractivity contribution in [2.75, 3.05) is 4.90 Å². The summed E-state index contributed by atoms with van der Waals surface area (Å²) in [6.07, 6.45) is 9.26. The van der Waals surface area contributed by atoms with E-state index in [9.17, 15) is 14.7 Å². The van der Waals surface area contributed by atoms with E-state index in [0.717, 1.165) is 56.2 Å². The van der Waals surface area contributed by atoms with Crippen molar-refractivity contribution in [2.45, 2.75) is 91.5 Å². The fourth-order valence-corrected chi connectivity index (χ4v) is 5.40. The van der Waals surface area contributed by atoms with Crippen LogP contribution in [0.25, 0.3) is 0 Å². The number of carboxylic acids is 1. The SMILES string of the molecule is CC1CCC(C(=O)N(c2cc(C#CC(C)(C)C)sc2C(=O)O)C2CCCCC2)CC1. The molecule has 0 spiro atoms. The number of amides is 1. The second-order valence-electron chi connectivity index (χ2n) is 10.1. The Morgan fingerprint density at radius 2 is 1.70 bits per heavy atom. The van der Waals surface area contributed by atoms with E-state index in [4.69, 9.17) is 0 Å². The zero-order chi connectivity index (χ0) is 21.9.